The Hall–Kier alpha value is -0.600. The summed E-state index contributed by atoms with van der Waals surface area (Å²) in [6.07, 6.45) is 1.92. The van der Waals surface area contributed by atoms with Crippen molar-refractivity contribution in [3.8, 4) is 0 Å². The average Bonchev–Trinajstić information content (AvgIpc) is 2.60. The molecule has 0 aliphatic carbocycles. The van der Waals surface area contributed by atoms with Gasteiger partial charge in [-0.25, -0.2) is 4.98 Å². The second-order valence-electron chi connectivity index (χ2n) is 3.16. The molecule has 0 atom stereocenters. The minimum Gasteiger partial charge on any atom is -0.241 e. The number of thiazole rings is 1. The molecule has 0 aliphatic rings. The monoisotopic (exact) mass is 225 g/mol. The van der Waals surface area contributed by atoms with Gasteiger partial charge >= 0.3 is 0 Å². The Balaban J connectivity index is 2.52. The number of alkyl halides is 1. The van der Waals surface area contributed by atoms with Crippen molar-refractivity contribution >= 4 is 33.2 Å². The highest BCUT2D eigenvalue weighted by Gasteiger charge is 2.05. The van der Waals surface area contributed by atoms with Crippen LogP contribution in [-0.2, 0) is 12.8 Å². The molecule has 74 valence electrons. The van der Waals surface area contributed by atoms with Gasteiger partial charge < -0.3 is 0 Å². The minimum absolute atomic E-state index is 0.654. The van der Waals surface area contributed by atoms with Gasteiger partial charge in [-0.05, 0) is 18.1 Å². The summed E-state index contributed by atoms with van der Waals surface area (Å²) < 4.78 is 1.28. The highest BCUT2D eigenvalue weighted by molar-refractivity contribution is 7.18. The SMILES string of the molecule is CCc1cccc2sc(CCCl)nc12. The third-order valence-corrected chi connectivity index (χ3v) is 3.51. The van der Waals surface area contributed by atoms with Crippen LogP contribution in [0.3, 0.4) is 0 Å². The molecule has 0 aliphatic heterocycles. The number of nitrogens with zero attached hydrogens (tertiary/aromatic N) is 1. The Labute approximate surface area is 92.7 Å². The molecular weight excluding hydrogens is 214 g/mol. The molecule has 0 saturated heterocycles. The van der Waals surface area contributed by atoms with E-state index in [1.807, 2.05) is 0 Å². The van der Waals surface area contributed by atoms with Crippen molar-refractivity contribution in [1.29, 1.82) is 0 Å². The molecule has 0 fully saturated rings. The van der Waals surface area contributed by atoms with Gasteiger partial charge in [0.05, 0.1) is 15.2 Å². The number of aryl methyl sites for hydroxylation is 2. The fraction of sp³-hybridized carbons (Fsp3) is 0.364. The van der Waals surface area contributed by atoms with E-state index in [2.05, 4.69) is 30.1 Å². The third-order valence-electron chi connectivity index (χ3n) is 2.24. The van der Waals surface area contributed by atoms with E-state index < -0.39 is 0 Å². The predicted molar refractivity (Wildman–Crippen MR) is 63.4 cm³/mol. The molecule has 1 nitrogen and oxygen atoms in total. The first-order chi connectivity index (χ1) is 6.85. The number of hydrogen-bond acceptors (Lipinski definition) is 2. The molecule has 0 saturated carbocycles. The lowest BCUT2D eigenvalue weighted by atomic mass is 10.1. The van der Waals surface area contributed by atoms with Crippen molar-refractivity contribution in [3.63, 3.8) is 0 Å². The van der Waals surface area contributed by atoms with Crippen molar-refractivity contribution in [1.82, 2.24) is 4.98 Å². The predicted octanol–water partition coefficient (Wildman–Crippen LogP) is 3.64. The zero-order valence-corrected chi connectivity index (χ0v) is 9.66. The molecule has 1 heterocycles. The Morgan fingerprint density at radius 3 is 3.00 bits per heavy atom. The molecule has 2 rings (SSSR count). The summed E-state index contributed by atoms with van der Waals surface area (Å²) >= 11 is 7.46. The van der Waals surface area contributed by atoms with Gasteiger partial charge in [-0.3, -0.25) is 0 Å². The fourth-order valence-corrected chi connectivity index (χ4v) is 2.83. The second kappa shape index (κ2) is 4.28. The van der Waals surface area contributed by atoms with Gasteiger partial charge in [0, 0.05) is 12.3 Å². The second-order valence-corrected chi connectivity index (χ2v) is 4.66. The van der Waals surface area contributed by atoms with E-state index in [0.717, 1.165) is 17.8 Å². The summed E-state index contributed by atoms with van der Waals surface area (Å²) in [5, 5.41) is 1.15. The third kappa shape index (κ3) is 1.77. The molecule has 2 aromatic rings. The van der Waals surface area contributed by atoms with E-state index in [1.165, 1.54) is 15.8 Å². The van der Waals surface area contributed by atoms with Gasteiger partial charge in [0.25, 0.3) is 0 Å². The Kier molecular flexibility index (Phi) is 3.04. The lowest BCUT2D eigenvalue weighted by Gasteiger charge is -1.95. The lowest BCUT2D eigenvalue weighted by molar-refractivity contribution is 1.10. The molecule has 0 N–H and O–H groups in total. The number of benzene rings is 1. The lowest BCUT2D eigenvalue weighted by Crippen LogP contribution is -1.85. The first-order valence-corrected chi connectivity index (χ1v) is 6.13. The average molecular weight is 226 g/mol. The smallest absolute Gasteiger partial charge is 0.0950 e. The standard InChI is InChI=1S/C11H12ClNS/c1-2-8-4-3-5-9-11(8)13-10(14-9)6-7-12/h3-5H,2,6-7H2,1H3. The summed E-state index contributed by atoms with van der Waals surface area (Å²) in [7, 11) is 0. The molecule has 0 radical (unpaired) electrons. The molecule has 0 amide bonds. The summed E-state index contributed by atoms with van der Waals surface area (Å²) in [6.45, 7) is 2.16. The zero-order chi connectivity index (χ0) is 9.97. The maximum atomic E-state index is 5.70. The quantitative estimate of drug-likeness (QED) is 0.727. The van der Waals surface area contributed by atoms with Crippen LogP contribution in [0.1, 0.15) is 17.5 Å². The van der Waals surface area contributed by atoms with Gasteiger partial charge in [0.15, 0.2) is 0 Å². The molecule has 0 bridgehead atoms. The topological polar surface area (TPSA) is 12.9 Å². The highest BCUT2D eigenvalue weighted by Crippen LogP contribution is 2.25. The van der Waals surface area contributed by atoms with E-state index in [4.69, 9.17) is 11.6 Å². The summed E-state index contributed by atoms with van der Waals surface area (Å²) in [5.41, 5.74) is 2.50. The van der Waals surface area contributed by atoms with Gasteiger partial charge in [0.2, 0.25) is 0 Å². The van der Waals surface area contributed by atoms with Crippen molar-refractivity contribution in [2.24, 2.45) is 0 Å². The van der Waals surface area contributed by atoms with Crippen LogP contribution in [0.15, 0.2) is 18.2 Å². The van der Waals surface area contributed by atoms with Crippen molar-refractivity contribution in [2.75, 3.05) is 5.88 Å². The number of aromatic nitrogens is 1. The van der Waals surface area contributed by atoms with Crippen LogP contribution in [0.2, 0.25) is 0 Å². The van der Waals surface area contributed by atoms with Crippen LogP contribution in [-0.4, -0.2) is 10.9 Å². The van der Waals surface area contributed by atoms with Gasteiger partial charge in [0.1, 0.15) is 0 Å². The van der Waals surface area contributed by atoms with E-state index in [-0.39, 0.29) is 0 Å². The summed E-state index contributed by atoms with van der Waals surface area (Å²) in [4.78, 5) is 4.61. The number of para-hydroxylation sites is 1. The van der Waals surface area contributed by atoms with E-state index in [0.29, 0.717) is 5.88 Å². The largest absolute Gasteiger partial charge is 0.241 e. The molecule has 14 heavy (non-hydrogen) atoms. The maximum absolute atomic E-state index is 5.70. The van der Waals surface area contributed by atoms with Gasteiger partial charge in [-0.15, -0.1) is 22.9 Å². The number of fused-ring (bicyclic) bond motifs is 1. The van der Waals surface area contributed by atoms with E-state index >= 15 is 0 Å². The molecule has 0 unspecified atom stereocenters. The Morgan fingerprint density at radius 2 is 2.29 bits per heavy atom. The van der Waals surface area contributed by atoms with Crippen LogP contribution in [0, 0.1) is 0 Å². The highest BCUT2D eigenvalue weighted by atomic mass is 35.5. The maximum Gasteiger partial charge on any atom is 0.0950 e. The normalized spacial score (nSPS) is 11.0. The molecule has 0 spiro atoms. The number of rotatable bonds is 3. The molecule has 1 aromatic heterocycles. The van der Waals surface area contributed by atoms with Crippen molar-refractivity contribution in [3.05, 3.63) is 28.8 Å². The van der Waals surface area contributed by atoms with E-state index in [1.54, 1.807) is 11.3 Å². The first kappa shape index (κ1) is 9.94. The van der Waals surface area contributed by atoms with Crippen LogP contribution < -0.4 is 0 Å². The van der Waals surface area contributed by atoms with Crippen LogP contribution in [0.25, 0.3) is 10.2 Å². The minimum atomic E-state index is 0.654. The Morgan fingerprint density at radius 1 is 1.43 bits per heavy atom. The van der Waals surface area contributed by atoms with Crippen LogP contribution >= 0.6 is 22.9 Å². The van der Waals surface area contributed by atoms with Crippen LogP contribution in [0.4, 0.5) is 0 Å². The zero-order valence-electron chi connectivity index (χ0n) is 8.09. The molecule has 3 heteroatoms. The fourth-order valence-electron chi connectivity index (χ4n) is 1.52. The summed E-state index contributed by atoms with van der Waals surface area (Å²) in [5.74, 6) is 0.654. The van der Waals surface area contributed by atoms with Crippen molar-refractivity contribution < 1.29 is 0 Å². The summed E-state index contributed by atoms with van der Waals surface area (Å²) in [6, 6.07) is 6.38. The van der Waals surface area contributed by atoms with Gasteiger partial charge in [-0.1, -0.05) is 19.1 Å². The van der Waals surface area contributed by atoms with Crippen LogP contribution in [0.5, 0.6) is 0 Å². The Bertz CT molecular complexity index is 436. The number of hydrogen-bond donors (Lipinski definition) is 0. The van der Waals surface area contributed by atoms with E-state index in [9.17, 15) is 0 Å². The van der Waals surface area contributed by atoms with Crippen molar-refractivity contribution in [2.45, 2.75) is 19.8 Å². The molecular formula is C11H12ClNS. The van der Waals surface area contributed by atoms with Gasteiger partial charge in [-0.2, -0.15) is 0 Å². The number of halogens is 1. The molecule has 1 aromatic carbocycles. The first-order valence-electron chi connectivity index (χ1n) is 4.78.